The first kappa shape index (κ1) is 26.2. The summed E-state index contributed by atoms with van der Waals surface area (Å²) in [6.45, 7) is 4.35. The lowest BCUT2D eigenvalue weighted by Crippen LogP contribution is -2.17. The van der Waals surface area contributed by atoms with Gasteiger partial charge in [0.1, 0.15) is 12.4 Å². The highest BCUT2D eigenvalue weighted by molar-refractivity contribution is 9.10. The van der Waals surface area contributed by atoms with Crippen molar-refractivity contribution in [1.29, 1.82) is 0 Å². The van der Waals surface area contributed by atoms with Gasteiger partial charge in [0.25, 0.3) is 5.95 Å². The number of nitrogen functional groups attached to an aromatic ring is 1. The largest absolute Gasteiger partial charge is 0.488 e. The molecule has 0 spiro atoms. The number of para-hydroxylation sites is 1. The monoisotopic (exact) mass is 579 g/mol. The summed E-state index contributed by atoms with van der Waals surface area (Å²) in [6, 6.07) is 21.4. The molecule has 37 heavy (non-hydrogen) atoms. The maximum atomic E-state index is 12.4. The third-order valence-electron chi connectivity index (χ3n) is 5.23. The van der Waals surface area contributed by atoms with Crippen LogP contribution in [0.4, 0.5) is 11.6 Å². The number of amides is 1. The summed E-state index contributed by atoms with van der Waals surface area (Å²) in [7, 11) is 0. The number of halogens is 1. The van der Waals surface area contributed by atoms with Gasteiger partial charge < -0.3 is 15.9 Å². The first-order chi connectivity index (χ1) is 17.9. The van der Waals surface area contributed by atoms with Crippen molar-refractivity contribution in [2.45, 2.75) is 25.6 Å². The fourth-order valence-corrected chi connectivity index (χ4v) is 4.41. The fraction of sp³-hybridized carbons (Fsp3) is 0.154. The number of hydrogen-bond donors (Lipinski definition) is 3. The highest BCUT2D eigenvalue weighted by atomic mass is 79.9. The van der Waals surface area contributed by atoms with Gasteiger partial charge in [-0.15, -0.1) is 10.2 Å². The molecule has 4 N–H and O–H groups in total. The zero-order valence-corrected chi connectivity index (χ0v) is 22.7. The van der Waals surface area contributed by atoms with Gasteiger partial charge in [-0.25, -0.2) is 10.1 Å². The summed E-state index contributed by atoms with van der Waals surface area (Å²) in [5.41, 5.74) is 7.48. The average molecular weight is 581 g/mol. The van der Waals surface area contributed by atoms with Gasteiger partial charge in [-0.1, -0.05) is 64.1 Å². The van der Waals surface area contributed by atoms with E-state index in [4.69, 9.17) is 10.6 Å². The summed E-state index contributed by atoms with van der Waals surface area (Å²) in [6.07, 6.45) is 1.62. The van der Waals surface area contributed by atoms with Crippen LogP contribution in [0.5, 0.6) is 5.75 Å². The van der Waals surface area contributed by atoms with Crippen molar-refractivity contribution in [2.24, 2.45) is 5.10 Å². The maximum Gasteiger partial charge on any atom is 0.264 e. The van der Waals surface area contributed by atoms with Gasteiger partial charge in [0.2, 0.25) is 11.1 Å². The summed E-state index contributed by atoms with van der Waals surface area (Å²) >= 11 is 4.65. The van der Waals surface area contributed by atoms with E-state index in [0.29, 0.717) is 17.5 Å². The van der Waals surface area contributed by atoms with Crippen LogP contribution in [0.25, 0.3) is 0 Å². The van der Waals surface area contributed by atoms with E-state index in [1.165, 1.54) is 16.4 Å². The van der Waals surface area contributed by atoms with Gasteiger partial charge in [0.05, 0.1) is 12.0 Å². The van der Waals surface area contributed by atoms with Crippen molar-refractivity contribution >= 4 is 51.4 Å². The standard InChI is InChI=1S/C26H26BrN7O2S/c1-17-10-11-18(2)22(12-17)30-24(35)16-37-26-33-32-25(34(26)28)31-29-14-20-7-3-4-9-23(20)36-15-19-6-5-8-21(27)13-19/h3-14H,15-16,28H2,1-2H3,(H,30,35)(H,31,32)/b29-14+. The van der Waals surface area contributed by atoms with Crippen molar-refractivity contribution in [2.75, 3.05) is 22.3 Å². The normalized spacial score (nSPS) is 11.0. The number of hydrogen-bond acceptors (Lipinski definition) is 8. The zero-order chi connectivity index (χ0) is 26.2. The minimum atomic E-state index is -0.159. The fourth-order valence-electron chi connectivity index (χ4n) is 3.30. The van der Waals surface area contributed by atoms with E-state index in [1.54, 1.807) is 6.21 Å². The van der Waals surface area contributed by atoms with E-state index in [1.807, 2.05) is 80.6 Å². The van der Waals surface area contributed by atoms with Crippen molar-refractivity contribution in [1.82, 2.24) is 14.9 Å². The van der Waals surface area contributed by atoms with E-state index in [2.05, 4.69) is 42.0 Å². The maximum absolute atomic E-state index is 12.4. The Bertz CT molecular complexity index is 1420. The molecule has 0 aliphatic heterocycles. The van der Waals surface area contributed by atoms with Crippen LogP contribution in [0.1, 0.15) is 22.3 Å². The molecule has 190 valence electrons. The molecule has 0 fully saturated rings. The van der Waals surface area contributed by atoms with E-state index in [-0.39, 0.29) is 17.6 Å². The minimum absolute atomic E-state index is 0.134. The molecule has 1 heterocycles. The Labute approximate surface area is 227 Å². The highest BCUT2D eigenvalue weighted by Crippen LogP contribution is 2.21. The molecule has 0 saturated heterocycles. The molecule has 0 unspecified atom stereocenters. The quantitative estimate of drug-likeness (QED) is 0.103. The summed E-state index contributed by atoms with van der Waals surface area (Å²) < 4.78 is 8.23. The molecule has 0 aliphatic carbocycles. The molecule has 11 heteroatoms. The molecule has 9 nitrogen and oxygen atoms in total. The number of carbonyl (C=O) groups is 1. The Hall–Kier alpha value is -3.83. The summed E-state index contributed by atoms with van der Waals surface area (Å²) in [4.78, 5) is 12.4. The zero-order valence-electron chi connectivity index (χ0n) is 20.3. The van der Waals surface area contributed by atoms with E-state index < -0.39 is 0 Å². The van der Waals surface area contributed by atoms with Crippen molar-refractivity contribution < 1.29 is 9.53 Å². The number of benzene rings is 3. The smallest absolute Gasteiger partial charge is 0.264 e. The number of hydrazone groups is 1. The van der Waals surface area contributed by atoms with Crippen molar-refractivity contribution in [3.63, 3.8) is 0 Å². The number of anilines is 2. The lowest BCUT2D eigenvalue weighted by Gasteiger charge is -2.09. The van der Waals surface area contributed by atoms with Crippen molar-refractivity contribution in [3.8, 4) is 5.75 Å². The number of nitrogens with zero attached hydrogens (tertiary/aromatic N) is 4. The second-order valence-electron chi connectivity index (χ2n) is 8.16. The highest BCUT2D eigenvalue weighted by Gasteiger charge is 2.13. The lowest BCUT2D eigenvalue weighted by atomic mass is 10.1. The first-order valence-electron chi connectivity index (χ1n) is 11.3. The van der Waals surface area contributed by atoms with Crippen LogP contribution in [0, 0.1) is 13.8 Å². The van der Waals surface area contributed by atoms with E-state index >= 15 is 0 Å². The first-order valence-corrected chi connectivity index (χ1v) is 13.1. The third kappa shape index (κ3) is 7.34. The number of nitrogens with two attached hydrogens (primary N) is 1. The Morgan fingerprint density at radius 1 is 1.14 bits per heavy atom. The van der Waals surface area contributed by atoms with Gasteiger partial charge >= 0.3 is 0 Å². The van der Waals surface area contributed by atoms with Gasteiger partial charge in [-0.2, -0.15) is 5.10 Å². The number of carbonyl (C=O) groups excluding carboxylic acids is 1. The number of aromatic nitrogens is 3. The van der Waals surface area contributed by atoms with Gasteiger partial charge in [-0.3, -0.25) is 4.79 Å². The summed E-state index contributed by atoms with van der Waals surface area (Å²) in [5.74, 6) is 6.99. The summed E-state index contributed by atoms with van der Waals surface area (Å²) in [5, 5.41) is 15.6. The van der Waals surface area contributed by atoms with Crippen LogP contribution in [-0.4, -0.2) is 32.7 Å². The Morgan fingerprint density at radius 3 is 2.81 bits per heavy atom. The minimum Gasteiger partial charge on any atom is -0.488 e. The van der Waals surface area contributed by atoms with Crippen LogP contribution >= 0.6 is 27.7 Å². The average Bonchev–Trinajstić information content (AvgIpc) is 3.23. The Morgan fingerprint density at radius 2 is 1.97 bits per heavy atom. The van der Waals surface area contributed by atoms with Gasteiger partial charge in [0, 0.05) is 15.7 Å². The Kier molecular flexibility index (Phi) is 8.81. The molecule has 0 atom stereocenters. The predicted molar refractivity (Wildman–Crippen MR) is 152 cm³/mol. The van der Waals surface area contributed by atoms with Crippen LogP contribution in [-0.2, 0) is 11.4 Å². The van der Waals surface area contributed by atoms with Crippen LogP contribution < -0.4 is 21.3 Å². The van der Waals surface area contributed by atoms with Crippen LogP contribution in [0.2, 0.25) is 0 Å². The lowest BCUT2D eigenvalue weighted by molar-refractivity contribution is -0.113. The van der Waals surface area contributed by atoms with Gasteiger partial charge in [-0.05, 0) is 60.9 Å². The third-order valence-corrected chi connectivity index (χ3v) is 6.67. The SMILES string of the molecule is Cc1ccc(C)c(NC(=O)CSc2nnc(N/N=C/c3ccccc3OCc3cccc(Br)c3)n2N)c1. The second kappa shape index (κ2) is 12.4. The van der Waals surface area contributed by atoms with E-state index in [0.717, 1.165) is 32.4 Å². The van der Waals surface area contributed by atoms with E-state index in [9.17, 15) is 4.79 Å². The predicted octanol–water partition coefficient (Wildman–Crippen LogP) is 5.13. The number of thioether (sulfide) groups is 1. The molecule has 0 bridgehead atoms. The molecule has 4 rings (SSSR count). The Balaban J connectivity index is 1.32. The molecular weight excluding hydrogens is 554 g/mol. The number of nitrogens with one attached hydrogen (secondary N) is 2. The molecule has 4 aromatic rings. The number of rotatable bonds is 10. The number of aryl methyl sites for hydroxylation is 2. The van der Waals surface area contributed by atoms with Crippen LogP contribution in [0.15, 0.2) is 81.5 Å². The second-order valence-corrected chi connectivity index (χ2v) is 10.0. The molecule has 0 aliphatic rings. The number of ether oxygens (including phenoxy) is 1. The topological polar surface area (TPSA) is 119 Å². The van der Waals surface area contributed by atoms with Crippen molar-refractivity contribution in [3.05, 3.63) is 93.5 Å². The van der Waals surface area contributed by atoms with Crippen LogP contribution in [0.3, 0.4) is 0 Å². The molecule has 1 aromatic heterocycles. The molecule has 0 radical (unpaired) electrons. The van der Waals surface area contributed by atoms with Gasteiger partial charge in [0.15, 0.2) is 0 Å². The molecule has 3 aromatic carbocycles. The molecule has 0 saturated carbocycles. The molecule has 1 amide bonds. The molecular formula is C26H26BrN7O2S.